The molecule has 0 radical (unpaired) electrons. The van der Waals surface area contributed by atoms with Gasteiger partial charge in [0, 0.05) is 16.8 Å². The summed E-state index contributed by atoms with van der Waals surface area (Å²) in [5, 5.41) is 19.9. The maximum atomic E-state index is 11.5. The molecule has 1 amide bonds. The number of aromatic amines is 1. The number of primary amides is 1. The Bertz CT molecular complexity index is 690. The normalized spacial score (nSPS) is 12.6. The fraction of sp³-hybridized carbons (Fsp3) is 0.333. The van der Waals surface area contributed by atoms with Crippen molar-refractivity contribution in [1.82, 2.24) is 20.0 Å². The lowest BCUT2D eigenvalue weighted by Gasteiger charge is -2.13. The van der Waals surface area contributed by atoms with Crippen LogP contribution in [0.5, 0.6) is 0 Å². The average Bonchev–Trinajstić information content (AvgIpc) is 2.99. The van der Waals surface area contributed by atoms with E-state index >= 15 is 0 Å². The predicted octanol–water partition coefficient (Wildman–Crippen LogP) is 0.384. The SMILES string of the molecule is N#CCCn1nc(C(N)=O)c2c1-c1cn[nH]c1CC2. The number of nitriles is 1. The number of hydrogen-bond acceptors (Lipinski definition) is 4. The first-order chi connectivity index (χ1) is 9.22. The lowest BCUT2D eigenvalue weighted by molar-refractivity contribution is 0.0994. The molecule has 0 saturated heterocycles. The summed E-state index contributed by atoms with van der Waals surface area (Å²) >= 11 is 0. The van der Waals surface area contributed by atoms with Crippen molar-refractivity contribution in [2.45, 2.75) is 25.8 Å². The molecule has 19 heavy (non-hydrogen) atoms. The summed E-state index contributed by atoms with van der Waals surface area (Å²) in [4.78, 5) is 11.5. The number of nitrogens with zero attached hydrogens (tertiary/aromatic N) is 4. The van der Waals surface area contributed by atoms with Gasteiger partial charge < -0.3 is 5.73 Å². The summed E-state index contributed by atoms with van der Waals surface area (Å²) in [7, 11) is 0. The molecule has 7 heteroatoms. The van der Waals surface area contributed by atoms with E-state index in [-0.39, 0.29) is 0 Å². The number of fused-ring (bicyclic) bond motifs is 3. The van der Waals surface area contributed by atoms with Gasteiger partial charge in [0.25, 0.3) is 5.91 Å². The highest BCUT2D eigenvalue weighted by molar-refractivity contribution is 5.94. The molecule has 0 saturated carbocycles. The van der Waals surface area contributed by atoms with Gasteiger partial charge in [0.2, 0.25) is 0 Å². The number of carbonyl (C=O) groups is 1. The first kappa shape index (κ1) is 11.5. The third kappa shape index (κ3) is 1.69. The number of hydrogen-bond donors (Lipinski definition) is 2. The van der Waals surface area contributed by atoms with Crippen molar-refractivity contribution in [2.24, 2.45) is 5.73 Å². The fourth-order valence-corrected chi connectivity index (χ4v) is 2.51. The van der Waals surface area contributed by atoms with Crippen LogP contribution in [0.15, 0.2) is 6.20 Å². The number of H-pyrrole nitrogens is 1. The second-order valence-electron chi connectivity index (χ2n) is 4.43. The van der Waals surface area contributed by atoms with Crippen LogP contribution in [-0.4, -0.2) is 25.9 Å². The van der Waals surface area contributed by atoms with Gasteiger partial charge in [-0.15, -0.1) is 0 Å². The topological polar surface area (TPSA) is 113 Å². The monoisotopic (exact) mass is 256 g/mol. The summed E-state index contributed by atoms with van der Waals surface area (Å²) < 4.78 is 1.69. The molecular weight excluding hydrogens is 244 g/mol. The summed E-state index contributed by atoms with van der Waals surface area (Å²) in [6, 6.07) is 2.08. The second kappa shape index (κ2) is 4.24. The van der Waals surface area contributed by atoms with Crippen molar-refractivity contribution >= 4 is 5.91 Å². The third-order valence-corrected chi connectivity index (χ3v) is 3.32. The maximum Gasteiger partial charge on any atom is 0.269 e. The van der Waals surface area contributed by atoms with Crippen LogP contribution in [0.25, 0.3) is 11.3 Å². The Morgan fingerprint density at radius 1 is 1.58 bits per heavy atom. The standard InChI is InChI=1S/C12H12N6O/c13-4-1-5-18-11-7(10(17-18)12(14)19)2-3-9-8(11)6-15-16-9/h6H,1-3,5H2,(H2,14,19)(H,15,16). The second-order valence-corrected chi connectivity index (χ2v) is 4.43. The molecule has 0 fully saturated rings. The average molecular weight is 256 g/mol. The molecule has 2 aromatic rings. The fourth-order valence-electron chi connectivity index (χ4n) is 2.51. The lowest BCUT2D eigenvalue weighted by atomic mass is 9.94. The summed E-state index contributed by atoms with van der Waals surface area (Å²) in [6.07, 6.45) is 3.55. The zero-order valence-corrected chi connectivity index (χ0v) is 10.2. The molecule has 0 aromatic carbocycles. The number of rotatable bonds is 3. The van der Waals surface area contributed by atoms with Crippen LogP contribution in [0.1, 0.15) is 28.2 Å². The Kier molecular flexibility index (Phi) is 2.56. The Hall–Kier alpha value is -2.62. The number of aromatic nitrogens is 4. The van der Waals surface area contributed by atoms with E-state index < -0.39 is 5.91 Å². The molecule has 7 nitrogen and oxygen atoms in total. The van der Waals surface area contributed by atoms with Gasteiger partial charge >= 0.3 is 0 Å². The predicted molar refractivity (Wildman–Crippen MR) is 66.0 cm³/mol. The summed E-state index contributed by atoms with van der Waals surface area (Å²) in [5.74, 6) is -0.529. The van der Waals surface area contributed by atoms with E-state index in [0.717, 1.165) is 28.9 Å². The van der Waals surface area contributed by atoms with Crippen LogP contribution in [0.4, 0.5) is 0 Å². The van der Waals surface area contributed by atoms with Crippen molar-refractivity contribution in [2.75, 3.05) is 0 Å². The highest BCUT2D eigenvalue weighted by Crippen LogP contribution is 2.34. The molecule has 96 valence electrons. The van der Waals surface area contributed by atoms with Crippen molar-refractivity contribution in [1.29, 1.82) is 5.26 Å². The molecule has 0 atom stereocenters. The van der Waals surface area contributed by atoms with Crippen LogP contribution in [0.2, 0.25) is 0 Å². The molecule has 1 aliphatic carbocycles. The Morgan fingerprint density at radius 3 is 3.16 bits per heavy atom. The molecule has 3 N–H and O–H groups in total. The van der Waals surface area contributed by atoms with Gasteiger partial charge in [-0.3, -0.25) is 14.6 Å². The Labute approximate surface area is 109 Å². The molecular formula is C12H12N6O. The molecule has 1 aliphatic rings. The van der Waals surface area contributed by atoms with E-state index in [2.05, 4.69) is 21.4 Å². The van der Waals surface area contributed by atoms with E-state index in [9.17, 15) is 4.79 Å². The van der Waals surface area contributed by atoms with Crippen LogP contribution < -0.4 is 5.73 Å². The third-order valence-electron chi connectivity index (χ3n) is 3.32. The van der Waals surface area contributed by atoms with E-state index in [1.54, 1.807) is 10.9 Å². The maximum absolute atomic E-state index is 11.5. The lowest BCUT2D eigenvalue weighted by Crippen LogP contribution is -2.15. The van der Waals surface area contributed by atoms with Crippen LogP contribution in [-0.2, 0) is 19.4 Å². The van der Waals surface area contributed by atoms with Gasteiger partial charge in [-0.2, -0.15) is 15.5 Å². The van der Waals surface area contributed by atoms with E-state index in [4.69, 9.17) is 11.0 Å². The van der Waals surface area contributed by atoms with E-state index in [1.165, 1.54) is 0 Å². The minimum absolute atomic E-state index is 0.305. The van der Waals surface area contributed by atoms with Crippen LogP contribution >= 0.6 is 0 Å². The first-order valence-electron chi connectivity index (χ1n) is 6.01. The summed E-state index contributed by atoms with van der Waals surface area (Å²) in [5.41, 5.74) is 9.37. The summed E-state index contributed by atoms with van der Waals surface area (Å²) in [6.45, 7) is 0.441. The Balaban J connectivity index is 2.18. The van der Waals surface area contributed by atoms with Gasteiger partial charge in [0.15, 0.2) is 5.69 Å². The van der Waals surface area contributed by atoms with E-state index in [1.807, 2.05) is 0 Å². The number of carbonyl (C=O) groups excluding carboxylic acids is 1. The van der Waals surface area contributed by atoms with Crippen molar-refractivity contribution in [3.05, 3.63) is 23.1 Å². The molecule has 0 spiro atoms. The quantitative estimate of drug-likeness (QED) is 0.826. The van der Waals surface area contributed by atoms with Gasteiger partial charge in [-0.1, -0.05) is 0 Å². The molecule has 2 aromatic heterocycles. The zero-order chi connectivity index (χ0) is 13.4. The van der Waals surface area contributed by atoms with Crippen molar-refractivity contribution in [3.63, 3.8) is 0 Å². The Morgan fingerprint density at radius 2 is 2.42 bits per heavy atom. The van der Waals surface area contributed by atoms with E-state index in [0.29, 0.717) is 25.1 Å². The minimum Gasteiger partial charge on any atom is -0.364 e. The van der Waals surface area contributed by atoms with Crippen LogP contribution in [0, 0.1) is 11.3 Å². The molecule has 0 unspecified atom stereocenters. The minimum atomic E-state index is -0.529. The van der Waals surface area contributed by atoms with Crippen molar-refractivity contribution < 1.29 is 4.79 Å². The smallest absolute Gasteiger partial charge is 0.269 e. The number of aryl methyl sites for hydroxylation is 2. The molecule has 0 aliphatic heterocycles. The zero-order valence-electron chi connectivity index (χ0n) is 10.2. The first-order valence-corrected chi connectivity index (χ1v) is 6.01. The van der Waals surface area contributed by atoms with Gasteiger partial charge in [0.1, 0.15) is 0 Å². The largest absolute Gasteiger partial charge is 0.364 e. The van der Waals surface area contributed by atoms with Gasteiger partial charge in [-0.05, 0) is 12.8 Å². The molecule has 3 rings (SSSR count). The highest BCUT2D eigenvalue weighted by atomic mass is 16.1. The number of nitrogens with one attached hydrogen (secondary N) is 1. The van der Waals surface area contributed by atoms with Crippen LogP contribution in [0.3, 0.4) is 0 Å². The molecule has 2 heterocycles. The van der Waals surface area contributed by atoms with Gasteiger partial charge in [0.05, 0.1) is 30.9 Å². The number of nitrogens with two attached hydrogens (primary N) is 1. The highest BCUT2D eigenvalue weighted by Gasteiger charge is 2.28. The van der Waals surface area contributed by atoms with Crippen molar-refractivity contribution in [3.8, 4) is 17.3 Å². The molecule has 0 bridgehead atoms. The number of amides is 1. The van der Waals surface area contributed by atoms with Gasteiger partial charge in [-0.25, -0.2) is 0 Å².